The predicted octanol–water partition coefficient (Wildman–Crippen LogP) is 6.80. The van der Waals surface area contributed by atoms with Crippen LogP contribution in [0.15, 0.2) is 84.9 Å². The van der Waals surface area contributed by atoms with Crippen molar-refractivity contribution >= 4 is 22.4 Å². The SMILES string of the molecule is CCOc1ccc(C(=O)N2CCN(c3cccc(C(F)(F)F)c3)CC2)cc1COc1cccc2ccccc12. The number of benzene rings is 4. The lowest BCUT2D eigenvalue weighted by Gasteiger charge is -2.36. The molecule has 0 N–H and O–H groups in total. The van der Waals surface area contributed by atoms with Crippen LogP contribution in [0, 0.1) is 0 Å². The van der Waals surface area contributed by atoms with Gasteiger partial charge in [0.05, 0.1) is 12.2 Å². The minimum absolute atomic E-state index is 0.131. The number of ether oxygens (including phenoxy) is 2. The van der Waals surface area contributed by atoms with Gasteiger partial charge in [0.1, 0.15) is 18.1 Å². The van der Waals surface area contributed by atoms with E-state index < -0.39 is 11.7 Å². The van der Waals surface area contributed by atoms with Crippen LogP contribution in [-0.2, 0) is 12.8 Å². The maximum atomic E-state index is 13.4. The standard InChI is InChI=1S/C31H29F3N2O3/c1-2-38-28-14-13-23(19-24(28)21-39-29-12-5-8-22-7-3-4-11-27(22)29)30(37)36-17-15-35(16-18-36)26-10-6-9-25(20-26)31(32,33)34/h3-14,19-20H,2,15-18,21H2,1H3. The van der Waals surface area contributed by atoms with E-state index in [1.54, 1.807) is 29.2 Å². The molecule has 4 aromatic carbocycles. The van der Waals surface area contributed by atoms with Crippen molar-refractivity contribution in [2.24, 2.45) is 0 Å². The molecule has 1 aliphatic rings. The Morgan fingerprint density at radius 3 is 2.33 bits per heavy atom. The van der Waals surface area contributed by atoms with Crippen LogP contribution in [0.5, 0.6) is 11.5 Å². The normalized spacial score (nSPS) is 13.9. The van der Waals surface area contributed by atoms with Crippen molar-refractivity contribution in [2.45, 2.75) is 19.7 Å². The Morgan fingerprint density at radius 2 is 1.56 bits per heavy atom. The molecule has 39 heavy (non-hydrogen) atoms. The summed E-state index contributed by atoms with van der Waals surface area (Å²) < 4.78 is 51.4. The average molecular weight is 535 g/mol. The Morgan fingerprint density at radius 1 is 0.821 bits per heavy atom. The largest absolute Gasteiger partial charge is 0.493 e. The molecule has 4 aromatic rings. The van der Waals surface area contributed by atoms with Crippen LogP contribution < -0.4 is 14.4 Å². The van der Waals surface area contributed by atoms with Crippen molar-refractivity contribution in [3.8, 4) is 11.5 Å². The van der Waals surface area contributed by atoms with Crippen molar-refractivity contribution < 1.29 is 27.4 Å². The lowest BCUT2D eigenvalue weighted by atomic mass is 10.1. The number of anilines is 1. The third kappa shape index (κ3) is 5.95. The van der Waals surface area contributed by atoms with Gasteiger partial charge in [0.2, 0.25) is 0 Å². The molecule has 202 valence electrons. The van der Waals surface area contributed by atoms with Crippen LogP contribution >= 0.6 is 0 Å². The molecule has 0 spiro atoms. The van der Waals surface area contributed by atoms with Gasteiger partial charge >= 0.3 is 6.18 Å². The third-order valence-electron chi connectivity index (χ3n) is 6.85. The molecule has 1 amide bonds. The van der Waals surface area contributed by atoms with Gasteiger partial charge in [-0.2, -0.15) is 13.2 Å². The van der Waals surface area contributed by atoms with Crippen molar-refractivity contribution in [1.29, 1.82) is 0 Å². The van der Waals surface area contributed by atoms with Crippen LogP contribution in [0.1, 0.15) is 28.4 Å². The molecule has 5 rings (SSSR count). The lowest BCUT2D eigenvalue weighted by Crippen LogP contribution is -2.48. The fourth-order valence-corrected chi connectivity index (χ4v) is 4.83. The molecule has 0 unspecified atom stereocenters. The van der Waals surface area contributed by atoms with Gasteiger partial charge in [0.15, 0.2) is 0 Å². The highest BCUT2D eigenvalue weighted by Crippen LogP contribution is 2.32. The Balaban J connectivity index is 1.29. The number of hydrogen-bond acceptors (Lipinski definition) is 4. The number of amides is 1. The molecule has 0 atom stereocenters. The number of piperazine rings is 1. The minimum Gasteiger partial charge on any atom is -0.493 e. The molecule has 0 bridgehead atoms. The van der Waals surface area contributed by atoms with E-state index in [0.29, 0.717) is 49.8 Å². The lowest BCUT2D eigenvalue weighted by molar-refractivity contribution is -0.137. The zero-order chi connectivity index (χ0) is 27.4. The van der Waals surface area contributed by atoms with E-state index in [2.05, 4.69) is 0 Å². The minimum atomic E-state index is -4.39. The summed E-state index contributed by atoms with van der Waals surface area (Å²) in [7, 11) is 0. The van der Waals surface area contributed by atoms with Gasteiger partial charge in [-0.3, -0.25) is 4.79 Å². The molecule has 1 aliphatic heterocycles. The smallest absolute Gasteiger partial charge is 0.416 e. The topological polar surface area (TPSA) is 42.0 Å². The van der Waals surface area contributed by atoms with Crippen molar-refractivity contribution in [3.63, 3.8) is 0 Å². The first kappa shape index (κ1) is 26.4. The van der Waals surface area contributed by atoms with Gasteiger partial charge in [-0.1, -0.05) is 42.5 Å². The maximum Gasteiger partial charge on any atom is 0.416 e. The Labute approximate surface area is 225 Å². The van der Waals surface area contributed by atoms with E-state index in [0.717, 1.165) is 34.2 Å². The molecular formula is C31H29F3N2O3. The zero-order valence-electron chi connectivity index (χ0n) is 21.6. The quantitative estimate of drug-likeness (QED) is 0.262. The summed E-state index contributed by atoms with van der Waals surface area (Å²) in [6.45, 7) is 4.31. The Bertz CT molecular complexity index is 1460. The zero-order valence-corrected chi connectivity index (χ0v) is 21.6. The highest BCUT2D eigenvalue weighted by Gasteiger charge is 2.31. The van der Waals surface area contributed by atoms with Crippen molar-refractivity contribution in [2.75, 3.05) is 37.7 Å². The maximum absolute atomic E-state index is 13.4. The van der Waals surface area contributed by atoms with Gasteiger partial charge in [-0.15, -0.1) is 0 Å². The number of carbonyl (C=O) groups is 1. The van der Waals surface area contributed by atoms with Gasteiger partial charge in [-0.25, -0.2) is 0 Å². The fraction of sp³-hybridized carbons (Fsp3) is 0.258. The predicted molar refractivity (Wildman–Crippen MR) is 145 cm³/mol. The van der Waals surface area contributed by atoms with Gasteiger partial charge in [-0.05, 0) is 54.8 Å². The molecule has 8 heteroatoms. The molecule has 0 saturated carbocycles. The summed E-state index contributed by atoms with van der Waals surface area (Å²) >= 11 is 0. The number of carbonyl (C=O) groups excluding carboxylic acids is 1. The third-order valence-corrected chi connectivity index (χ3v) is 6.85. The van der Waals surface area contributed by atoms with E-state index in [1.165, 1.54) is 6.07 Å². The van der Waals surface area contributed by atoms with Crippen molar-refractivity contribution in [3.05, 3.63) is 102 Å². The first-order valence-electron chi connectivity index (χ1n) is 12.9. The van der Waals surface area contributed by atoms with E-state index in [1.807, 2.05) is 54.3 Å². The summed E-state index contributed by atoms with van der Waals surface area (Å²) in [5, 5.41) is 2.08. The molecule has 0 aliphatic carbocycles. The summed E-state index contributed by atoms with van der Waals surface area (Å²) in [5.41, 5.74) is 1.11. The first-order valence-corrected chi connectivity index (χ1v) is 12.9. The first-order chi connectivity index (χ1) is 18.8. The van der Waals surface area contributed by atoms with Crippen molar-refractivity contribution in [1.82, 2.24) is 4.90 Å². The molecular weight excluding hydrogens is 505 g/mol. The van der Waals surface area contributed by atoms with Crippen LogP contribution in [0.4, 0.5) is 18.9 Å². The number of nitrogens with zero attached hydrogens (tertiary/aromatic N) is 2. The molecule has 0 aromatic heterocycles. The van der Waals surface area contributed by atoms with Gasteiger partial charge < -0.3 is 19.3 Å². The van der Waals surface area contributed by atoms with Gasteiger partial charge in [0, 0.05) is 48.4 Å². The Kier molecular flexibility index (Phi) is 7.63. The summed E-state index contributed by atoms with van der Waals surface area (Å²) in [4.78, 5) is 17.0. The monoisotopic (exact) mass is 534 g/mol. The average Bonchev–Trinajstić information content (AvgIpc) is 2.96. The number of alkyl halides is 3. The molecule has 1 saturated heterocycles. The molecule has 1 heterocycles. The highest BCUT2D eigenvalue weighted by atomic mass is 19.4. The van der Waals surface area contributed by atoms with E-state index in [-0.39, 0.29) is 12.5 Å². The molecule has 5 nitrogen and oxygen atoms in total. The Hall–Kier alpha value is -4.20. The van der Waals surface area contributed by atoms with E-state index >= 15 is 0 Å². The number of fused-ring (bicyclic) bond motifs is 1. The van der Waals surface area contributed by atoms with Gasteiger partial charge in [0.25, 0.3) is 5.91 Å². The van der Waals surface area contributed by atoms with Crippen LogP contribution in [0.3, 0.4) is 0 Å². The number of rotatable bonds is 7. The number of hydrogen-bond donors (Lipinski definition) is 0. The second kappa shape index (κ2) is 11.3. The fourth-order valence-electron chi connectivity index (χ4n) is 4.83. The highest BCUT2D eigenvalue weighted by molar-refractivity contribution is 5.95. The second-order valence-corrected chi connectivity index (χ2v) is 9.35. The van der Waals surface area contributed by atoms with E-state index in [9.17, 15) is 18.0 Å². The van der Waals surface area contributed by atoms with Crippen LogP contribution in [0.25, 0.3) is 10.8 Å². The van der Waals surface area contributed by atoms with E-state index in [4.69, 9.17) is 9.47 Å². The molecule has 0 radical (unpaired) electrons. The summed E-state index contributed by atoms with van der Waals surface area (Å²) in [6.07, 6.45) is -4.39. The van der Waals surface area contributed by atoms with Crippen LogP contribution in [-0.4, -0.2) is 43.6 Å². The summed E-state index contributed by atoms with van der Waals surface area (Å²) in [5.74, 6) is 1.27. The summed E-state index contributed by atoms with van der Waals surface area (Å²) in [6, 6.07) is 24.5. The second-order valence-electron chi connectivity index (χ2n) is 9.35. The number of halogens is 3. The molecule has 1 fully saturated rings. The van der Waals surface area contributed by atoms with Crippen LogP contribution in [0.2, 0.25) is 0 Å².